The number of hydrogen-bond acceptors (Lipinski definition) is 4. The van der Waals surface area contributed by atoms with E-state index in [1.54, 1.807) is 4.90 Å². The van der Waals surface area contributed by atoms with Crippen LogP contribution in [0.15, 0.2) is 46.4 Å². The number of carbonyl (C=O) groups excluding carboxylic acids is 2. The summed E-state index contributed by atoms with van der Waals surface area (Å²) in [6.45, 7) is 0.311. The predicted octanol–water partition coefficient (Wildman–Crippen LogP) is 2.79. The van der Waals surface area contributed by atoms with Crippen molar-refractivity contribution in [2.75, 3.05) is 19.6 Å². The van der Waals surface area contributed by atoms with E-state index >= 15 is 0 Å². The fourth-order valence-corrected chi connectivity index (χ4v) is 3.10. The molecule has 1 atom stereocenters. The highest BCUT2D eigenvalue weighted by atomic mass is 35.5. The normalized spacial score (nSPS) is 21.2. The lowest BCUT2D eigenvalue weighted by molar-refractivity contribution is -0.141. The first-order valence-corrected chi connectivity index (χ1v) is 8.17. The van der Waals surface area contributed by atoms with Crippen molar-refractivity contribution >= 4 is 23.4 Å². The average molecular weight is 387 g/mol. The second kappa shape index (κ2) is 7.06. The van der Waals surface area contributed by atoms with Gasteiger partial charge in [0.2, 0.25) is 5.91 Å². The lowest BCUT2D eigenvalue weighted by atomic mass is 10.1. The van der Waals surface area contributed by atoms with Gasteiger partial charge >= 0.3 is 6.18 Å². The second-order valence-corrected chi connectivity index (χ2v) is 6.30. The van der Waals surface area contributed by atoms with Gasteiger partial charge in [-0.3, -0.25) is 9.59 Å². The first kappa shape index (κ1) is 18.4. The number of alkyl halides is 4. The number of hydrogen-bond donors (Lipinski definition) is 0. The molecule has 2 amide bonds. The van der Waals surface area contributed by atoms with Gasteiger partial charge in [-0.05, 0) is 11.6 Å². The number of rotatable bonds is 3. The molecule has 0 aliphatic carbocycles. The number of carbonyl (C=O) groups is 2. The Balaban J connectivity index is 1.71. The smallest absolute Gasteiger partial charge is 0.361 e. The number of benzene rings is 1. The maximum Gasteiger partial charge on any atom is 0.416 e. The lowest BCUT2D eigenvalue weighted by Crippen LogP contribution is -2.51. The van der Waals surface area contributed by atoms with E-state index in [0.29, 0.717) is 12.2 Å². The zero-order valence-corrected chi connectivity index (χ0v) is 14.2. The zero-order chi connectivity index (χ0) is 18.9. The van der Waals surface area contributed by atoms with Crippen LogP contribution in [0.5, 0.6) is 0 Å². The standard InChI is InChI=1S/C16H14ClF3N4O2/c17-14-12(7-21-22-15(14)26)23-5-6-24(13(25)9-23)8-10-3-1-2-4-11(10)16(18,19)20/h1-4,7,14H,5-6,8-9H2. The van der Waals surface area contributed by atoms with Crippen LogP contribution in [-0.2, 0) is 22.3 Å². The zero-order valence-electron chi connectivity index (χ0n) is 13.4. The van der Waals surface area contributed by atoms with Crippen LogP contribution in [-0.4, -0.2) is 46.6 Å². The van der Waals surface area contributed by atoms with Gasteiger partial charge in [-0.25, -0.2) is 0 Å². The van der Waals surface area contributed by atoms with Gasteiger partial charge in [-0.2, -0.15) is 18.3 Å². The van der Waals surface area contributed by atoms with Gasteiger partial charge in [-0.1, -0.05) is 18.2 Å². The Bertz CT molecular complexity index is 794. The van der Waals surface area contributed by atoms with Gasteiger partial charge in [-0.15, -0.1) is 16.7 Å². The molecule has 0 aromatic heterocycles. The van der Waals surface area contributed by atoms with E-state index in [0.717, 1.165) is 6.07 Å². The van der Waals surface area contributed by atoms with Crippen molar-refractivity contribution in [1.29, 1.82) is 0 Å². The molecule has 3 rings (SSSR count). The largest absolute Gasteiger partial charge is 0.416 e. The van der Waals surface area contributed by atoms with Crippen molar-refractivity contribution in [1.82, 2.24) is 9.80 Å². The summed E-state index contributed by atoms with van der Waals surface area (Å²) >= 11 is 5.99. The van der Waals surface area contributed by atoms with Gasteiger partial charge in [0.25, 0.3) is 5.91 Å². The van der Waals surface area contributed by atoms with Gasteiger partial charge < -0.3 is 9.80 Å². The van der Waals surface area contributed by atoms with Crippen LogP contribution >= 0.6 is 11.6 Å². The van der Waals surface area contributed by atoms with Crippen LogP contribution in [0.3, 0.4) is 0 Å². The van der Waals surface area contributed by atoms with Gasteiger partial charge in [0.1, 0.15) is 0 Å². The molecule has 1 aromatic rings. The molecule has 0 N–H and O–H groups in total. The summed E-state index contributed by atoms with van der Waals surface area (Å²) < 4.78 is 39.3. The fraction of sp³-hybridized carbons (Fsp3) is 0.375. The average Bonchev–Trinajstić information content (AvgIpc) is 2.59. The van der Waals surface area contributed by atoms with Crippen molar-refractivity contribution in [2.24, 2.45) is 10.2 Å². The Morgan fingerprint density at radius 2 is 1.92 bits per heavy atom. The molecule has 0 saturated carbocycles. The fourth-order valence-electron chi connectivity index (χ4n) is 2.87. The lowest BCUT2D eigenvalue weighted by Gasteiger charge is -2.37. The van der Waals surface area contributed by atoms with Gasteiger partial charge in [0.15, 0.2) is 5.38 Å². The summed E-state index contributed by atoms with van der Waals surface area (Å²) in [7, 11) is 0. The molecule has 2 heterocycles. The minimum atomic E-state index is -4.48. The molecule has 0 radical (unpaired) electrons. The van der Waals surface area contributed by atoms with Crippen LogP contribution in [0.4, 0.5) is 13.2 Å². The van der Waals surface area contributed by atoms with Crippen molar-refractivity contribution in [3.05, 3.63) is 47.3 Å². The summed E-state index contributed by atoms with van der Waals surface area (Å²) in [6.07, 6.45) is -3.16. The minimum Gasteiger partial charge on any atom is -0.361 e. The molecule has 2 aliphatic heterocycles. The summed E-state index contributed by atoms with van der Waals surface area (Å²) in [5.74, 6) is -0.967. The molecule has 138 valence electrons. The summed E-state index contributed by atoms with van der Waals surface area (Å²) in [5, 5.41) is 5.86. The van der Waals surface area contributed by atoms with Crippen molar-refractivity contribution in [3.8, 4) is 0 Å². The molecule has 26 heavy (non-hydrogen) atoms. The predicted molar refractivity (Wildman–Crippen MR) is 86.0 cm³/mol. The summed E-state index contributed by atoms with van der Waals surface area (Å²) in [4.78, 5) is 26.9. The van der Waals surface area contributed by atoms with E-state index < -0.39 is 23.0 Å². The second-order valence-electron chi connectivity index (χ2n) is 5.86. The maximum atomic E-state index is 13.1. The van der Waals surface area contributed by atoms with E-state index in [-0.39, 0.29) is 31.1 Å². The van der Waals surface area contributed by atoms with Crippen molar-refractivity contribution in [3.63, 3.8) is 0 Å². The molecule has 2 aliphatic rings. The SMILES string of the molecule is O=C1N=NC=C(N2CCN(Cc3ccccc3C(F)(F)F)C(=O)C2)C1Cl. The van der Waals surface area contributed by atoms with Crippen molar-refractivity contribution in [2.45, 2.75) is 18.1 Å². The minimum absolute atomic E-state index is 0.0397. The number of piperazine rings is 1. The first-order valence-electron chi connectivity index (χ1n) is 7.74. The monoisotopic (exact) mass is 386 g/mol. The van der Waals surface area contributed by atoms with E-state index in [1.807, 2.05) is 0 Å². The maximum absolute atomic E-state index is 13.1. The molecular formula is C16H14ClF3N4O2. The topological polar surface area (TPSA) is 65.3 Å². The van der Waals surface area contributed by atoms with Gasteiger partial charge in [0, 0.05) is 19.6 Å². The highest BCUT2D eigenvalue weighted by Crippen LogP contribution is 2.32. The quantitative estimate of drug-likeness (QED) is 0.750. The van der Waals surface area contributed by atoms with E-state index in [2.05, 4.69) is 10.2 Å². The van der Waals surface area contributed by atoms with Crippen LogP contribution < -0.4 is 0 Å². The number of halogens is 4. The molecule has 0 bridgehead atoms. The highest BCUT2D eigenvalue weighted by molar-refractivity contribution is 6.33. The van der Waals surface area contributed by atoms with Crippen LogP contribution in [0.2, 0.25) is 0 Å². The Labute approximate surface area is 151 Å². The van der Waals surface area contributed by atoms with Crippen molar-refractivity contribution < 1.29 is 22.8 Å². The molecule has 10 heteroatoms. The Hall–Kier alpha value is -2.42. The molecule has 1 unspecified atom stereocenters. The van der Waals surface area contributed by atoms with Crippen LogP contribution in [0.1, 0.15) is 11.1 Å². The van der Waals surface area contributed by atoms with Crippen LogP contribution in [0, 0.1) is 0 Å². The Kier molecular flexibility index (Phi) is 4.99. The number of nitrogens with zero attached hydrogens (tertiary/aromatic N) is 4. The summed E-state index contributed by atoms with van der Waals surface area (Å²) in [6, 6.07) is 5.18. The molecule has 0 spiro atoms. The molecule has 6 nitrogen and oxygen atoms in total. The van der Waals surface area contributed by atoms with E-state index in [1.165, 1.54) is 29.3 Å². The molecule has 1 saturated heterocycles. The van der Waals surface area contributed by atoms with E-state index in [4.69, 9.17) is 11.6 Å². The van der Waals surface area contributed by atoms with Crippen LogP contribution in [0.25, 0.3) is 0 Å². The number of amides is 2. The third-order valence-corrected chi connectivity index (χ3v) is 4.60. The number of azo groups is 1. The summed E-state index contributed by atoms with van der Waals surface area (Å²) in [5.41, 5.74) is -0.342. The van der Waals surface area contributed by atoms with Gasteiger partial charge in [0.05, 0.1) is 24.0 Å². The third kappa shape index (κ3) is 3.72. The first-order chi connectivity index (χ1) is 12.3. The third-order valence-electron chi connectivity index (χ3n) is 4.19. The highest BCUT2D eigenvalue weighted by Gasteiger charge is 2.35. The Morgan fingerprint density at radius 1 is 1.19 bits per heavy atom. The van der Waals surface area contributed by atoms with E-state index in [9.17, 15) is 22.8 Å². The molecule has 1 aromatic carbocycles. The Morgan fingerprint density at radius 3 is 2.62 bits per heavy atom. The molecule has 1 fully saturated rings. The molecular weight excluding hydrogens is 373 g/mol.